The van der Waals surface area contributed by atoms with Crippen molar-refractivity contribution in [3.8, 4) is 22.1 Å². The summed E-state index contributed by atoms with van der Waals surface area (Å²) in [5, 5.41) is 9.60. The first-order valence-corrected chi connectivity index (χ1v) is 10.3. The molecule has 1 aliphatic rings. The maximum atomic E-state index is 12.9. The molecular weight excluding hydrogens is 374 g/mol. The molecule has 8 nitrogen and oxygen atoms in total. The molecule has 0 unspecified atom stereocenters. The summed E-state index contributed by atoms with van der Waals surface area (Å²) in [6.07, 6.45) is 7.07. The Morgan fingerprint density at radius 2 is 2.07 bits per heavy atom. The number of likely N-dealkylation sites (tertiary alicyclic amines) is 1. The largest absolute Gasteiger partial charge is 0.337 e. The molecule has 0 bridgehead atoms. The SMILES string of the molecule is CCN1CCC(N(C)C(=O)c2csc(-c3cn[nH]c3-c3ncccn3)n2)CC1. The molecule has 1 saturated heterocycles. The summed E-state index contributed by atoms with van der Waals surface area (Å²) in [4.78, 5) is 30.3. The second kappa shape index (κ2) is 8.15. The third-order valence-corrected chi connectivity index (χ3v) is 6.13. The molecule has 4 heterocycles. The van der Waals surface area contributed by atoms with Crippen LogP contribution in [0.4, 0.5) is 0 Å². The molecule has 3 aromatic rings. The fraction of sp³-hybridized carbons (Fsp3) is 0.421. The van der Waals surface area contributed by atoms with Gasteiger partial charge < -0.3 is 9.80 Å². The zero-order valence-corrected chi connectivity index (χ0v) is 16.8. The van der Waals surface area contributed by atoms with Gasteiger partial charge in [-0.2, -0.15) is 5.10 Å². The van der Waals surface area contributed by atoms with Crippen molar-refractivity contribution in [2.45, 2.75) is 25.8 Å². The van der Waals surface area contributed by atoms with E-state index in [1.54, 1.807) is 24.7 Å². The summed E-state index contributed by atoms with van der Waals surface area (Å²) in [6.45, 7) is 5.32. The standard InChI is InChI=1S/C19H23N7OS/c1-3-26-9-5-13(6-10-26)25(2)19(27)15-12-28-18(23-15)14-11-22-24-16(14)17-20-7-4-8-21-17/h4,7-8,11-13H,3,5-6,9-10H2,1-2H3,(H,22,24). The highest BCUT2D eigenvalue weighted by molar-refractivity contribution is 7.13. The van der Waals surface area contributed by atoms with Crippen LogP contribution in [0.15, 0.2) is 30.0 Å². The summed E-state index contributed by atoms with van der Waals surface area (Å²) < 4.78 is 0. The summed E-state index contributed by atoms with van der Waals surface area (Å²) in [5.41, 5.74) is 1.98. The highest BCUT2D eigenvalue weighted by Crippen LogP contribution is 2.31. The predicted octanol–water partition coefficient (Wildman–Crippen LogP) is 2.55. The molecule has 0 saturated carbocycles. The van der Waals surface area contributed by atoms with Gasteiger partial charge in [-0.1, -0.05) is 6.92 Å². The maximum absolute atomic E-state index is 12.9. The van der Waals surface area contributed by atoms with E-state index in [1.807, 2.05) is 17.3 Å². The summed E-state index contributed by atoms with van der Waals surface area (Å²) in [7, 11) is 1.88. The van der Waals surface area contributed by atoms with Crippen LogP contribution in [-0.4, -0.2) is 73.6 Å². The molecule has 4 rings (SSSR count). The molecule has 0 atom stereocenters. The predicted molar refractivity (Wildman–Crippen MR) is 108 cm³/mol. The number of H-pyrrole nitrogens is 1. The van der Waals surface area contributed by atoms with E-state index in [4.69, 9.17) is 0 Å². The smallest absolute Gasteiger partial charge is 0.273 e. The fourth-order valence-corrected chi connectivity index (χ4v) is 4.32. The normalized spacial score (nSPS) is 15.6. The van der Waals surface area contributed by atoms with E-state index in [1.165, 1.54) is 11.3 Å². The van der Waals surface area contributed by atoms with Crippen molar-refractivity contribution in [1.29, 1.82) is 0 Å². The van der Waals surface area contributed by atoms with Gasteiger partial charge in [0.05, 0.1) is 11.8 Å². The molecule has 0 aromatic carbocycles. The van der Waals surface area contributed by atoms with Crippen LogP contribution in [0.3, 0.4) is 0 Å². The molecule has 9 heteroatoms. The monoisotopic (exact) mass is 397 g/mol. The Bertz CT molecular complexity index is 931. The van der Waals surface area contributed by atoms with E-state index in [2.05, 4.69) is 37.0 Å². The Hall–Kier alpha value is -2.65. The number of aromatic amines is 1. The molecular formula is C19H23N7OS. The lowest BCUT2D eigenvalue weighted by Gasteiger charge is -2.36. The van der Waals surface area contributed by atoms with Crippen molar-refractivity contribution in [3.63, 3.8) is 0 Å². The molecule has 0 radical (unpaired) electrons. The zero-order chi connectivity index (χ0) is 19.5. The van der Waals surface area contributed by atoms with Gasteiger partial charge in [0.15, 0.2) is 5.82 Å². The Balaban J connectivity index is 1.51. The van der Waals surface area contributed by atoms with E-state index >= 15 is 0 Å². The van der Waals surface area contributed by atoms with Crippen LogP contribution in [0.2, 0.25) is 0 Å². The first kappa shape index (κ1) is 18.7. The van der Waals surface area contributed by atoms with Crippen molar-refractivity contribution in [2.75, 3.05) is 26.7 Å². The zero-order valence-electron chi connectivity index (χ0n) is 16.0. The molecule has 1 N–H and O–H groups in total. The lowest BCUT2D eigenvalue weighted by atomic mass is 10.0. The van der Waals surface area contributed by atoms with Gasteiger partial charge >= 0.3 is 0 Å². The average molecular weight is 398 g/mol. The van der Waals surface area contributed by atoms with E-state index in [9.17, 15) is 4.79 Å². The molecule has 1 amide bonds. The van der Waals surface area contributed by atoms with Crippen LogP contribution in [0, 0.1) is 0 Å². The van der Waals surface area contributed by atoms with Crippen molar-refractivity contribution in [3.05, 3.63) is 35.7 Å². The van der Waals surface area contributed by atoms with Gasteiger partial charge in [0, 0.05) is 44.0 Å². The molecule has 1 aliphatic heterocycles. The van der Waals surface area contributed by atoms with Crippen molar-refractivity contribution >= 4 is 17.2 Å². The van der Waals surface area contributed by atoms with Crippen molar-refractivity contribution in [1.82, 2.24) is 34.9 Å². The third-order valence-electron chi connectivity index (χ3n) is 5.25. The number of piperidine rings is 1. The Morgan fingerprint density at radius 1 is 1.32 bits per heavy atom. The van der Waals surface area contributed by atoms with E-state index < -0.39 is 0 Å². The topological polar surface area (TPSA) is 90.9 Å². The second-order valence-corrected chi connectivity index (χ2v) is 7.71. The number of aromatic nitrogens is 5. The van der Waals surface area contributed by atoms with Crippen LogP contribution >= 0.6 is 11.3 Å². The van der Waals surface area contributed by atoms with Crippen molar-refractivity contribution < 1.29 is 4.79 Å². The summed E-state index contributed by atoms with van der Waals surface area (Å²) in [5.74, 6) is 0.524. The maximum Gasteiger partial charge on any atom is 0.273 e. The molecule has 0 spiro atoms. The Kier molecular flexibility index (Phi) is 5.45. The summed E-state index contributed by atoms with van der Waals surface area (Å²) >= 11 is 1.43. The van der Waals surface area contributed by atoms with Crippen LogP contribution in [0.5, 0.6) is 0 Å². The molecule has 28 heavy (non-hydrogen) atoms. The number of hydrogen-bond acceptors (Lipinski definition) is 7. The van der Waals surface area contributed by atoms with Crippen LogP contribution < -0.4 is 0 Å². The van der Waals surface area contributed by atoms with Gasteiger partial charge in [-0.15, -0.1) is 11.3 Å². The first-order chi connectivity index (χ1) is 13.7. The number of nitrogens with one attached hydrogen (secondary N) is 1. The molecule has 0 aliphatic carbocycles. The molecule has 1 fully saturated rings. The number of amides is 1. The Morgan fingerprint density at radius 3 is 2.79 bits per heavy atom. The molecule has 146 valence electrons. The second-order valence-electron chi connectivity index (χ2n) is 6.85. The average Bonchev–Trinajstić information content (AvgIpc) is 3.43. The van der Waals surface area contributed by atoms with Gasteiger partial charge in [-0.3, -0.25) is 9.89 Å². The van der Waals surface area contributed by atoms with Crippen LogP contribution in [0.25, 0.3) is 22.1 Å². The quantitative estimate of drug-likeness (QED) is 0.711. The van der Waals surface area contributed by atoms with Gasteiger partial charge in [-0.25, -0.2) is 15.0 Å². The number of nitrogens with zero attached hydrogens (tertiary/aromatic N) is 6. The number of carbonyl (C=O) groups excluding carboxylic acids is 1. The highest BCUT2D eigenvalue weighted by Gasteiger charge is 2.27. The van der Waals surface area contributed by atoms with Gasteiger partial charge in [0.25, 0.3) is 5.91 Å². The van der Waals surface area contributed by atoms with Gasteiger partial charge in [0.1, 0.15) is 16.4 Å². The molecule has 3 aromatic heterocycles. The number of thiazole rings is 1. The van der Waals surface area contributed by atoms with E-state index in [0.29, 0.717) is 17.2 Å². The highest BCUT2D eigenvalue weighted by atomic mass is 32.1. The number of carbonyl (C=O) groups is 1. The lowest BCUT2D eigenvalue weighted by molar-refractivity contribution is 0.0642. The van der Waals surface area contributed by atoms with Crippen molar-refractivity contribution in [2.24, 2.45) is 0 Å². The number of hydrogen-bond donors (Lipinski definition) is 1. The lowest BCUT2D eigenvalue weighted by Crippen LogP contribution is -2.45. The van der Waals surface area contributed by atoms with Crippen LogP contribution in [-0.2, 0) is 0 Å². The number of rotatable bonds is 5. The minimum Gasteiger partial charge on any atom is -0.337 e. The fourth-order valence-electron chi connectivity index (χ4n) is 3.51. The summed E-state index contributed by atoms with van der Waals surface area (Å²) in [6, 6.07) is 2.03. The van der Waals surface area contributed by atoms with Gasteiger partial charge in [0.2, 0.25) is 0 Å². The van der Waals surface area contributed by atoms with E-state index in [0.717, 1.165) is 43.0 Å². The van der Waals surface area contributed by atoms with E-state index in [-0.39, 0.29) is 11.9 Å². The third kappa shape index (κ3) is 3.67. The Labute approximate surface area is 167 Å². The van der Waals surface area contributed by atoms with Crippen LogP contribution in [0.1, 0.15) is 30.3 Å². The first-order valence-electron chi connectivity index (χ1n) is 9.43. The minimum absolute atomic E-state index is 0.0292. The minimum atomic E-state index is -0.0292. The van der Waals surface area contributed by atoms with Gasteiger partial charge in [-0.05, 0) is 25.5 Å².